The topological polar surface area (TPSA) is 46.2 Å². The molecule has 3 heteroatoms. The zero-order valence-electron chi connectivity index (χ0n) is 5.00. The van der Waals surface area contributed by atoms with Crippen molar-refractivity contribution in [1.82, 2.24) is 0 Å². The highest BCUT2D eigenvalue weighted by Crippen LogP contribution is 2.18. The Morgan fingerprint density at radius 2 is 2.44 bits per heavy atom. The summed E-state index contributed by atoms with van der Waals surface area (Å²) in [6.07, 6.45) is 0.676. The van der Waals surface area contributed by atoms with Crippen molar-refractivity contribution in [3.8, 4) is 0 Å². The van der Waals surface area contributed by atoms with Gasteiger partial charge in [0.1, 0.15) is 0 Å². The van der Waals surface area contributed by atoms with Crippen LogP contribution in [0.5, 0.6) is 0 Å². The summed E-state index contributed by atoms with van der Waals surface area (Å²) in [6.45, 7) is 0.181. The molecule has 0 bridgehead atoms. The largest absolute Gasteiger partial charge is 0.396 e. The standard InChI is InChI=1S/C6H9NOS/c7-6-5(1-3-8)2-4-9-6/h2,4,8H,1,3,7H2. The molecule has 3 N–H and O–H groups in total. The first kappa shape index (κ1) is 6.58. The van der Waals surface area contributed by atoms with E-state index in [0.717, 1.165) is 10.6 Å². The highest BCUT2D eigenvalue weighted by Gasteiger charge is 1.96. The van der Waals surface area contributed by atoms with Crippen LogP contribution in [0.4, 0.5) is 5.00 Å². The second-order valence-corrected chi connectivity index (χ2v) is 2.73. The summed E-state index contributed by atoms with van der Waals surface area (Å²) in [6, 6.07) is 1.94. The van der Waals surface area contributed by atoms with Crippen molar-refractivity contribution in [2.75, 3.05) is 12.3 Å². The average molecular weight is 143 g/mol. The molecular formula is C6H9NOS. The zero-order valence-corrected chi connectivity index (χ0v) is 5.82. The van der Waals surface area contributed by atoms with Crippen LogP contribution < -0.4 is 5.73 Å². The normalized spacial score (nSPS) is 9.89. The molecule has 1 aromatic heterocycles. The molecule has 0 saturated heterocycles. The van der Waals surface area contributed by atoms with Gasteiger partial charge in [-0.25, -0.2) is 0 Å². The fourth-order valence-corrected chi connectivity index (χ4v) is 1.37. The highest BCUT2D eigenvalue weighted by atomic mass is 32.1. The average Bonchev–Trinajstić information content (AvgIpc) is 2.18. The SMILES string of the molecule is Nc1sccc1CCO. The van der Waals surface area contributed by atoms with Crippen LogP contribution in [0.25, 0.3) is 0 Å². The van der Waals surface area contributed by atoms with Crippen LogP contribution in [0.2, 0.25) is 0 Å². The van der Waals surface area contributed by atoms with E-state index in [1.54, 1.807) is 0 Å². The Hall–Kier alpha value is -0.540. The van der Waals surface area contributed by atoms with Gasteiger partial charge in [0.15, 0.2) is 0 Å². The van der Waals surface area contributed by atoms with Gasteiger partial charge in [-0.05, 0) is 23.4 Å². The molecule has 0 fully saturated rings. The van der Waals surface area contributed by atoms with Crippen LogP contribution in [0, 0.1) is 0 Å². The van der Waals surface area contributed by atoms with Crippen molar-refractivity contribution in [2.45, 2.75) is 6.42 Å². The molecule has 9 heavy (non-hydrogen) atoms. The van der Waals surface area contributed by atoms with Gasteiger partial charge in [0.25, 0.3) is 0 Å². The van der Waals surface area contributed by atoms with Gasteiger partial charge in [-0.15, -0.1) is 11.3 Å². The molecule has 50 valence electrons. The fourth-order valence-electron chi connectivity index (χ4n) is 0.674. The minimum absolute atomic E-state index is 0.181. The van der Waals surface area contributed by atoms with E-state index >= 15 is 0 Å². The van der Waals surface area contributed by atoms with Gasteiger partial charge in [0.05, 0.1) is 5.00 Å². The Kier molecular flexibility index (Phi) is 2.08. The maximum Gasteiger partial charge on any atom is 0.0889 e. The summed E-state index contributed by atoms with van der Waals surface area (Å²) >= 11 is 1.51. The second kappa shape index (κ2) is 2.85. The molecule has 0 aliphatic rings. The summed E-state index contributed by atoms with van der Waals surface area (Å²) in [7, 11) is 0. The summed E-state index contributed by atoms with van der Waals surface area (Å²) in [5.74, 6) is 0. The highest BCUT2D eigenvalue weighted by molar-refractivity contribution is 7.14. The lowest BCUT2D eigenvalue weighted by molar-refractivity contribution is 0.300. The number of aliphatic hydroxyl groups excluding tert-OH is 1. The third kappa shape index (κ3) is 1.43. The molecular weight excluding hydrogens is 134 g/mol. The quantitative estimate of drug-likeness (QED) is 0.645. The lowest BCUT2D eigenvalue weighted by Crippen LogP contribution is -1.91. The predicted octanol–water partition coefficient (Wildman–Crippen LogP) is 0.865. The molecule has 1 aromatic rings. The molecule has 0 aliphatic heterocycles. The van der Waals surface area contributed by atoms with Gasteiger partial charge in [0.2, 0.25) is 0 Å². The number of nitrogens with two attached hydrogens (primary N) is 1. The lowest BCUT2D eigenvalue weighted by atomic mass is 10.2. The van der Waals surface area contributed by atoms with Crippen molar-refractivity contribution in [3.05, 3.63) is 17.0 Å². The van der Waals surface area contributed by atoms with E-state index in [2.05, 4.69) is 0 Å². The fraction of sp³-hybridized carbons (Fsp3) is 0.333. The second-order valence-electron chi connectivity index (χ2n) is 1.78. The van der Waals surface area contributed by atoms with Crippen molar-refractivity contribution >= 4 is 16.3 Å². The first-order valence-corrected chi connectivity index (χ1v) is 3.65. The summed E-state index contributed by atoms with van der Waals surface area (Å²) in [5.41, 5.74) is 6.59. The van der Waals surface area contributed by atoms with E-state index < -0.39 is 0 Å². The van der Waals surface area contributed by atoms with E-state index in [1.807, 2.05) is 11.4 Å². The Balaban J connectivity index is 2.69. The van der Waals surface area contributed by atoms with Gasteiger partial charge in [0, 0.05) is 6.61 Å². The summed E-state index contributed by atoms with van der Waals surface area (Å²) in [5, 5.41) is 11.3. The van der Waals surface area contributed by atoms with Crippen LogP contribution in [0.1, 0.15) is 5.56 Å². The monoisotopic (exact) mass is 143 g/mol. The molecule has 2 nitrogen and oxygen atoms in total. The molecule has 0 atom stereocenters. The number of anilines is 1. The minimum atomic E-state index is 0.181. The zero-order chi connectivity index (χ0) is 6.69. The molecule has 0 unspecified atom stereocenters. The van der Waals surface area contributed by atoms with Crippen molar-refractivity contribution < 1.29 is 5.11 Å². The van der Waals surface area contributed by atoms with Crippen molar-refractivity contribution in [2.24, 2.45) is 0 Å². The molecule has 0 spiro atoms. The third-order valence-electron chi connectivity index (χ3n) is 1.16. The molecule has 0 saturated carbocycles. The van der Waals surface area contributed by atoms with E-state index in [1.165, 1.54) is 11.3 Å². The summed E-state index contributed by atoms with van der Waals surface area (Å²) < 4.78 is 0. The van der Waals surface area contributed by atoms with Crippen LogP contribution in [0.15, 0.2) is 11.4 Å². The molecule has 0 radical (unpaired) electrons. The Morgan fingerprint density at radius 3 is 2.89 bits per heavy atom. The number of hydrogen-bond donors (Lipinski definition) is 2. The van der Waals surface area contributed by atoms with Gasteiger partial charge in [-0.1, -0.05) is 0 Å². The van der Waals surface area contributed by atoms with Crippen molar-refractivity contribution in [1.29, 1.82) is 0 Å². The third-order valence-corrected chi connectivity index (χ3v) is 1.95. The number of thiophene rings is 1. The number of hydrogen-bond acceptors (Lipinski definition) is 3. The van der Waals surface area contributed by atoms with Crippen LogP contribution in [-0.4, -0.2) is 11.7 Å². The Labute approximate surface area is 57.9 Å². The molecule has 0 aromatic carbocycles. The number of rotatable bonds is 2. The van der Waals surface area contributed by atoms with E-state index in [0.29, 0.717) is 6.42 Å². The first-order chi connectivity index (χ1) is 4.34. The van der Waals surface area contributed by atoms with Gasteiger partial charge in [-0.2, -0.15) is 0 Å². The van der Waals surface area contributed by atoms with Crippen LogP contribution in [0.3, 0.4) is 0 Å². The Bertz CT molecular complexity index is 185. The van der Waals surface area contributed by atoms with Crippen LogP contribution in [-0.2, 0) is 6.42 Å². The van der Waals surface area contributed by atoms with Crippen molar-refractivity contribution in [3.63, 3.8) is 0 Å². The van der Waals surface area contributed by atoms with E-state index in [9.17, 15) is 0 Å². The molecule has 0 aliphatic carbocycles. The Morgan fingerprint density at radius 1 is 1.67 bits per heavy atom. The molecule has 0 amide bonds. The maximum atomic E-state index is 8.51. The molecule has 1 heterocycles. The first-order valence-electron chi connectivity index (χ1n) is 2.77. The lowest BCUT2D eigenvalue weighted by Gasteiger charge is -1.92. The maximum absolute atomic E-state index is 8.51. The van der Waals surface area contributed by atoms with Gasteiger partial charge in [-0.3, -0.25) is 0 Å². The van der Waals surface area contributed by atoms with E-state index in [-0.39, 0.29) is 6.61 Å². The van der Waals surface area contributed by atoms with E-state index in [4.69, 9.17) is 10.8 Å². The number of aliphatic hydroxyl groups is 1. The van der Waals surface area contributed by atoms with Gasteiger partial charge >= 0.3 is 0 Å². The van der Waals surface area contributed by atoms with Gasteiger partial charge < -0.3 is 10.8 Å². The number of nitrogen functional groups attached to an aromatic ring is 1. The van der Waals surface area contributed by atoms with Crippen LogP contribution >= 0.6 is 11.3 Å². The molecule has 1 rings (SSSR count). The summed E-state index contributed by atoms with van der Waals surface area (Å²) in [4.78, 5) is 0. The minimum Gasteiger partial charge on any atom is -0.396 e. The smallest absolute Gasteiger partial charge is 0.0889 e. The predicted molar refractivity (Wildman–Crippen MR) is 39.5 cm³/mol.